The molecule has 3 aromatic rings. The molecule has 258 valence electrons. The number of carbonyl (C=O) groups is 3. The molecule has 3 heterocycles. The summed E-state index contributed by atoms with van der Waals surface area (Å²) in [5.41, 5.74) is 2.22. The standard InChI is InChI=1S/C37H39NO11/c1-43-36-33-32(31(30(21-39)46-36)49-37(42)38-27-16-17-28-29(20-27)45-22-44-28)47-34(40)25(18-23-10-4-2-5-11-23)14-8-9-15-26(35(41)48-33)19-24-12-6-3-7-13-24/h2-13,16-17,20,25-26,30-33,36,39H,14-15,18-19,21-22H2,1H3,(H,38,42)/t25-,26-,30+,31-,32-,33+,36-/m0/s1. The molecule has 7 atom stereocenters. The van der Waals surface area contributed by atoms with Crippen LogP contribution in [-0.4, -0.2) is 74.4 Å². The van der Waals surface area contributed by atoms with E-state index in [-0.39, 0.29) is 6.79 Å². The number of fused-ring (bicyclic) bond motifs is 2. The van der Waals surface area contributed by atoms with E-state index in [1.54, 1.807) is 18.2 Å². The van der Waals surface area contributed by atoms with Gasteiger partial charge in [0.25, 0.3) is 0 Å². The van der Waals surface area contributed by atoms with E-state index in [0.717, 1.165) is 11.1 Å². The number of benzene rings is 3. The Morgan fingerprint density at radius 1 is 0.816 bits per heavy atom. The number of aliphatic hydroxyl groups excluding tert-OH is 1. The smallest absolute Gasteiger partial charge is 0.412 e. The molecule has 2 N–H and O–H groups in total. The Kier molecular flexibility index (Phi) is 11.1. The normalized spacial score (nSPS) is 26.7. The minimum absolute atomic E-state index is 0.0575. The second-order valence-electron chi connectivity index (χ2n) is 12.0. The van der Waals surface area contributed by atoms with Crippen LogP contribution in [0.15, 0.2) is 91.0 Å². The monoisotopic (exact) mass is 673 g/mol. The molecule has 1 amide bonds. The van der Waals surface area contributed by atoms with Crippen molar-refractivity contribution in [2.45, 2.75) is 56.4 Å². The van der Waals surface area contributed by atoms with Crippen molar-refractivity contribution in [3.63, 3.8) is 0 Å². The van der Waals surface area contributed by atoms with Gasteiger partial charge in [-0.25, -0.2) is 4.79 Å². The van der Waals surface area contributed by atoms with Crippen LogP contribution in [0.1, 0.15) is 24.0 Å². The molecule has 0 aliphatic carbocycles. The molecule has 12 heteroatoms. The van der Waals surface area contributed by atoms with Crippen LogP contribution >= 0.6 is 0 Å². The zero-order valence-electron chi connectivity index (χ0n) is 27.0. The molecule has 6 rings (SSSR count). The van der Waals surface area contributed by atoms with E-state index in [4.69, 9.17) is 33.2 Å². The maximum atomic E-state index is 14.0. The lowest BCUT2D eigenvalue weighted by Crippen LogP contribution is -2.63. The SMILES string of the molecule is CO[C@H]1O[C@H](CO)[C@H](OC(=O)Nc2ccc3c(c2)OCO3)[C@@H]2OC(=O)[C@H](Cc3ccccc3)CC=CC[C@@H](Cc3ccccc3)C(=O)O[C@@H]12. The molecule has 0 radical (unpaired) electrons. The first-order chi connectivity index (χ1) is 23.9. The third-order valence-electron chi connectivity index (χ3n) is 8.69. The Morgan fingerprint density at radius 2 is 1.41 bits per heavy atom. The summed E-state index contributed by atoms with van der Waals surface area (Å²) in [6, 6.07) is 23.9. The number of ether oxygens (including phenoxy) is 7. The summed E-state index contributed by atoms with van der Waals surface area (Å²) in [4.78, 5) is 41.1. The fourth-order valence-electron chi connectivity index (χ4n) is 6.17. The van der Waals surface area contributed by atoms with Crippen molar-refractivity contribution in [3.8, 4) is 11.5 Å². The number of aliphatic hydroxyl groups is 1. The molecule has 0 unspecified atom stereocenters. The molecule has 1 saturated heterocycles. The molecule has 3 aliphatic rings. The van der Waals surface area contributed by atoms with Gasteiger partial charge in [0.1, 0.15) is 6.10 Å². The van der Waals surface area contributed by atoms with Crippen LogP contribution in [-0.2, 0) is 46.1 Å². The van der Waals surface area contributed by atoms with Crippen molar-refractivity contribution in [1.82, 2.24) is 0 Å². The van der Waals surface area contributed by atoms with Gasteiger partial charge in [-0.15, -0.1) is 0 Å². The Hall–Kier alpha value is -4.91. The number of amides is 1. The van der Waals surface area contributed by atoms with E-state index < -0.39 is 67.2 Å². The maximum Gasteiger partial charge on any atom is 0.412 e. The van der Waals surface area contributed by atoms with Crippen LogP contribution in [0.4, 0.5) is 10.5 Å². The number of allylic oxidation sites excluding steroid dienone is 2. The average Bonchev–Trinajstić information content (AvgIpc) is 3.59. The highest BCUT2D eigenvalue weighted by molar-refractivity contribution is 5.85. The first-order valence-electron chi connectivity index (χ1n) is 16.2. The van der Waals surface area contributed by atoms with E-state index in [1.807, 2.05) is 72.8 Å². The molecule has 0 bridgehead atoms. The first kappa shape index (κ1) is 34.0. The van der Waals surface area contributed by atoms with Gasteiger partial charge in [0.15, 0.2) is 36.1 Å². The summed E-state index contributed by atoms with van der Waals surface area (Å²) >= 11 is 0. The Morgan fingerprint density at radius 3 is 2.00 bits per heavy atom. The quantitative estimate of drug-likeness (QED) is 0.197. The van der Waals surface area contributed by atoms with E-state index in [2.05, 4.69) is 5.32 Å². The van der Waals surface area contributed by atoms with Crippen molar-refractivity contribution in [3.05, 3.63) is 102 Å². The van der Waals surface area contributed by atoms with E-state index in [9.17, 15) is 19.5 Å². The molecule has 12 nitrogen and oxygen atoms in total. The lowest BCUT2D eigenvalue weighted by Gasteiger charge is -2.44. The van der Waals surface area contributed by atoms with E-state index in [1.165, 1.54) is 7.11 Å². The van der Waals surface area contributed by atoms with Gasteiger partial charge in [0, 0.05) is 18.9 Å². The Balaban J connectivity index is 1.31. The number of methoxy groups -OCH3 is 1. The number of nitrogens with one attached hydrogen (secondary N) is 1. The van der Waals surface area contributed by atoms with Crippen LogP contribution in [0.5, 0.6) is 11.5 Å². The fourth-order valence-corrected chi connectivity index (χ4v) is 6.17. The van der Waals surface area contributed by atoms with Gasteiger partial charge in [0.05, 0.1) is 18.4 Å². The van der Waals surface area contributed by atoms with Crippen molar-refractivity contribution >= 4 is 23.7 Å². The lowest BCUT2D eigenvalue weighted by molar-refractivity contribution is -0.300. The van der Waals surface area contributed by atoms with Gasteiger partial charge in [-0.2, -0.15) is 0 Å². The van der Waals surface area contributed by atoms with Crippen LogP contribution in [0.2, 0.25) is 0 Å². The van der Waals surface area contributed by atoms with Gasteiger partial charge < -0.3 is 38.3 Å². The highest BCUT2D eigenvalue weighted by atomic mass is 16.7. The molecular weight excluding hydrogens is 634 g/mol. The summed E-state index contributed by atoms with van der Waals surface area (Å²) in [6.45, 7) is -0.564. The zero-order valence-corrected chi connectivity index (χ0v) is 27.0. The number of hydrogen-bond donors (Lipinski definition) is 2. The molecule has 3 aliphatic heterocycles. The Bertz CT molecular complexity index is 1620. The third-order valence-corrected chi connectivity index (χ3v) is 8.69. The highest BCUT2D eigenvalue weighted by Gasteiger charge is 2.53. The van der Waals surface area contributed by atoms with Crippen molar-refractivity contribution in [2.24, 2.45) is 11.8 Å². The number of esters is 2. The van der Waals surface area contributed by atoms with E-state index >= 15 is 0 Å². The van der Waals surface area contributed by atoms with Gasteiger partial charge in [-0.1, -0.05) is 72.8 Å². The second kappa shape index (κ2) is 16.0. The summed E-state index contributed by atoms with van der Waals surface area (Å²) in [5, 5.41) is 13.0. The summed E-state index contributed by atoms with van der Waals surface area (Å²) in [7, 11) is 1.35. The van der Waals surface area contributed by atoms with Crippen LogP contribution in [0.25, 0.3) is 0 Å². The molecule has 1 fully saturated rings. The predicted molar refractivity (Wildman–Crippen MR) is 175 cm³/mol. The molecule has 0 spiro atoms. The van der Waals surface area contributed by atoms with Crippen LogP contribution in [0.3, 0.4) is 0 Å². The van der Waals surface area contributed by atoms with E-state index in [0.29, 0.717) is 42.9 Å². The lowest BCUT2D eigenvalue weighted by atomic mass is 9.92. The molecule has 49 heavy (non-hydrogen) atoms. The third kappa shape index (κ3) is 8.40. The minimum Gasteiger partial charge on any atom is -0.454 e. The molecule has 0 saturated carbocycles. The largest absolute Gasteiger partial charge is 0.454 e. The molecule has 0 aromatic heterocycles. The first-order valence-corrected chi connectivity index (χ1v) is 16.2. The van der Waals surface area contributed by atoms with Crippen molar-refractivity contribution < 1.29 is 52.6 Å². The average molecular weight is 674 g/mol. The predicted octanol–water partition coefficient (Wildman–Crippen LogP) is 4.59. The fraction of sp³-hybridized carbons (Fsp3) is 0.378. The second-order valence-corrected chi connectivity index (χ2v) is 12.0. The topological polar surface area (TPSA) is 148 Å². The minimum atomic E-state index is -1.39. The molecule has 3 aromatic carbocycles. The van der Waals surface area contributed by atoms with Gasteiger partial charge in [0.2, 0.25) is 6.79 Å². The van der Waals surface area contributed by atoms with Gasteiger partial charge >= 0.3 is 18.0 Å². The number of hydrogen-bond acceptors (Lipinski definition) is 11. The van der Waals surface area contributed by atoms with Crippen molar-refractivity contribution in [2.75, 3.05) is 25.8 Å². The number of rotatable bonds is 8. The maximum absolute atomic E-state index is 14.0. The van der Waals surface area contributed by atoms with Crippen LogP contribution < -0.4 is 14.8 Å². The summed E-state index contributed by atoms with van der Waals surface area (Å²) in [6.07, 6.45) is -2.28. The zero-order chi connectivity index (χ0) is 34.2. The van der Waals surface area contributed by atoms with Gasteiger partial charge in [-0.05, 0) is 48.9 Å². The summed E-state index contributed by atoms with van der Waals surface area (Å²) < 4.78 is 40.3. The highest BCUT2D eigenvalue weighted by Crippen LogP contribution is 2.35. The molecular formula is C37H39NO11. The van der Waals surface area contributed by atoms with Crippen LogP contribution in [0, 0.1) is 11.8 Å². The number of anilines is 1. The Labute approximate surface area is 283 Å². The van der Waals surface area contributed by atoms with Crippen molar-refractivity contribution in [1.29, 1.82) is 0 Å². The number of carbonyl (C=O) groups excluding carboxylic acids is 3. The van der Waals surface area contributed by atoms with Gasteiger partial charge in [-0.3, -0.25) is 14.9 Å². The summed E-state index contributed by atoms with van der Waals surface area (Å²) in [5.74, 6) is -1.42.